The summed E-state index contributed by atoms with van der Waals surface area (Å²) >= 11 is 1.48. The zero-order valence-electron chi connectivity index (χ0n) is 3.97. The van der Waals surface area contributed by atoms with E-state index in [1.807, 2.05) is 0 Å². The molecule has 0 aromatic rings. The molecule has 2 nitrogen and oxygen atoms in total. The summed E-state index contributed by atoms with van der Waals surface area (Å²) in [7, 11) is 0. The van der Waals surface area contributed by atoms with Gasteiger partial charge in [0.05, 0.1) is 0 Å². The van der Waals surface area contributed by atoms with Crippen molar-refractivity contribution in [2.75, 3.05) is 5.75 Å². The van der Waals surface area contributed by atoms with Crippen LogP contribution in [0.3, 0.4) is 0 Å². The van der Waals surface area contributed by atoms with Crippen molar-refractivity contribution in [1.82, 2.24) is 0 Å². The van der Waals surface area contributed by atoms with Crippen LogP contribution >= 0.6 is 11.8 Å². The monoisotopic (exact) mass is 118 g/mol. The van der Waals surface area contributed by atoms with Crippen LogP contribution in [0.1, 0.15) is 6.92 Å². The van der Waals surface area contributed by atoms with E-state index in [0.29, 0.717) is 0 Å². The lowest BCUT2D eigenvalue weighted by molar-refractivity contribution is -0.137. The van der Waals surface area contributed by atoms with Crippen molar-refractivity contribution in [3.05, 3.63) is 0 Å². The summed E-state index contributed by atoms with van der Waals surface area (Å²) in [6, 6.07) is 0. The van der Waals surface area contributed by atoms with Gasteiger partial charge >= 0.3 is 5.97 Å². The first-order valence-electron chi connectivity index (χ1n) is 2.02. The third kappa shape index (κ3) is 0.725. The lowest BCUT2D eigenvalue weighted by Gasteiger charge is -1.92. The van der Waals surface area contributed by atoms with Gasteiger partial charge in [0.2, 0.25) is 0 Å². The molecule has 0 aliphatic carbocycles. The minimum absolute atomic E-state index is 0.417. The predicted molar refractivity (Wildman–Crippen MR) is 28.5 cm³/mol. The van der Waals surface area contributed by atoms with Gasteiger partial charge in [0, 0.05) is 5.75 Å². The molecule has 3 heteroatoms. The van der Waals surface area contributed by atoms with Gasteiger partial charge in [-0.25, -0.2) is 0 Å². The summed E-state index contributed by atoms with van der Waals surface area (Å²) in [5, 5.41) is 8.29. The Bertz CT molecular complexity index is 106. The molecule has 0 amide bonds. The van der Waals surface area contributed by atoms with Gasteiger partial charge in [-0.3, -0.25) is 4.79 Å². The first-order chi connectivity index (χ1) is 3.15. The van der Waals surface area contributed by atoms with Crippen LogP contribution in [-0.4, -0.2) is 21.6 Å². The van der Waals surface area contributed by atoms with Crippen LogP contribution in [0.4, 0.5) is 0 Å². The van der Waals surface area contributed by atoms with Gasteiger partial charge in [0.15, 0.2) is 0 Å². The maximum atomic E-state index is 10.1. The van der Waals surface area contributed by atoms with E-state index in [1.165, 1.54) is 11.8 Å². The highest BCUT2D eigenvalue weighted by Gasteiger charge is 2.46. The van der Waals surface area contributed by atoms with E-state index in [4.69, 9.17) is 5.11 Å². The minimum atomic E-state index is -0.683. The van der Waals surface area contributed by atoms with E-state index in [2.05, 4.69) is 0 Å². The summed E-state index contributed by atoms with van der Waals surface area (Å²) in [5.74, 6) is 0.0972. The van der Waals surface area contributed by atoms with Gasteiger partial charge < -0.3 is 5.11 Å². The molecule has 1 unspecified atom stereocenters. The molecule has 1 saturated heterocycles. The van der Waals surface area contributed by atoms with E-state index in [1.54, 1.807) is 6.92 Å². The van der Waals surface area contributed by atoms with Gasteiger partial charge in [0.1, 0.15) is 4.75 Å². The number of carbonyl (C=O) groups is 1. The van der Waals surface area contributed by atoms with Gasteiger partial charge in [-0.15, -0.1) is 11.8 Å². The van der Waals surface area contributed by atoms with E-state index >= 15 is 0 Å². The van der Waals surface area contributed by atoms with Gasteiger partial charge in [-0.2, -0.15) is 0 Å². The highest BCUT2D eigenvalue weighted by molar-refractivity contribution is 8.08. The molecule has 1 N–H and O–H groups in total. The number of thioether (sulfide) groups is 1. The van der Waals surface area contributed by atoms with Crippen molar-refractivity contribution in [3.8, 4) is 0 Å². The van der Waals surface area contributed by atoms with Gasteiger partial charge in [0.25, 0.3) is 0 Å². The second kappa shape index (κ2) is 1.15. The molecule has 1 fully saturated rings. The lowest BCUT2D eigenvalue weighted by Crippen LogP contribution is -2.16. The summed E-state index contributed by atoms with van der Waals surface area (Å²) in [6.45, 7) is 1.74. The summed E-state index contributed by atoms with van der Waals surface area (Å²) < 4.78 is -0.417. The Labute approximate surface area is 45.9 Å². The minimum Gasteiger partial charge on any atom is -0.480 e. The number of hydrogen-bond donors (Lipinski definition) is 1. The van der Waals surface area contributed by atoms with Crippen LogP contribution in [0.2, 0.25) is 0 Å². The van der Waals surface area contributed by atoms with Crippen molar-refractivity contribution >= 4 is 17.7 Å². The Balaban J connectivity index is 2.55. The standard InChI is InChI=1S/C4H6O2S/c1-4(2-7-4)3(5)6/h2H2,1H3,(H,5,6). The van der Waals surface area contributed by atoms with E-state index in [-0.39, 0.29) is 0 Å². The van der Waals surface area contributed by atoms with Crippen LogP contribution in [0.25, 0.3) is 0 Å². The molecule has 1 heterocycles. The number of carboxylic acid groups (broad SMARTS) is 1. The highest BCUT2D eigenvalue weighted by Crippen LogP contribution is 2.43. The van der Waals surface area contributed by atoms with Crippen molar-refractivity contribution < 1.29 is 9.90 Å². The predicted octanol–water partition coefficient (Wildman–Crippen LogP) is 0.577. The zero-order chi connectivity index (χ0) is 5.49. The van der Waals surface area contributed by atoms with Gasteiger partial charge in [-0.05, 0) is 6.92 Å². The normalized spacial score (nSPS) is 37.9. The Morgan fingerprint density at radius 2 is 2.43 bits per heavy atom. The Morgan fingerprint density at radius 3 is 2.43 bits per heavy atom. The number of carboxylic acids is 1. The third-order valence-electron chi connectivity index (χ3n) is 1.03. The molecule has 1 rings (SSSR count). The fourth-order valence-corrected chi connectivity index (χ4v) is 0.695. The maximum Gasteiger partial charge on any atom is 0.320 e. The molecule has 1 atom stereocenters. The molecule has 0 aromatic heterocycles. The topological polar surface area (TPSA) is 37.3 Å². The fraction of sp³-hybridized carbons (Fsp3) is 0.750. The molecular weight excluding hydrogens is 112 g/mol. The van der Waals surface area contributed by atoms with E-state index < -0.39 is 10.7 Å². The lowest BCUT2D eigenvalue weighted by atomic mass is 10.2. The van der Waals surface area contributed by atoms with E-state index in [9.17, 15) is 4.79 Å². The largest absolute Gasteiger partial charge is 0.480 e. The second-order valence-electron chi connectivity index (χ2n) is 1.82. The SMILES string of the molecule is CC1(C(=O)O)CS1. The van der Waals surface area contributed by atoms with Crippen LogP contribution in [0, 0.1) is 0 Å². The smallest absolute Gasteiger partial charge is 0.320 e. The first kappa shape index (κ1) is 4.97. The molecule has 0 radical (unpaired) electrons. The molecule has 0 spiro atoms. The fourth-order valence-electron chi connectivity index (χ4n) is 0.232. The second-order valence-corrected chi connectivity index (χ2v) is 3.30. The quantitative estimate of drug-likeness (QED) is 0.511. The molecule has 7 heavy (non-hydrogen) atoms. The van der Waals surface area contributed by atoms with Crippen molar-refractivity contribution in [1.29, 1.82) is 0 Å². The van der Waals surface area contributed by atoms with Crippen LogP contribution < -0.4 is 0 Å². The molecule has 0 saturated carbocycles. The molecule has 1 aliphatic rings. The van der Waals surface area contributed by atoms with Crippen molar-refractivity contribution in [2.24, 2.45) is 0 Å². The van der Waals surface area contributed by atoms with Crippen LogP contribution in [-0.2, 0) is 4.79 Å². The number of rotatable bonds is 1. The zero-order valence-corrected chi connectivity index (χ0v) is 4.79. The molecule has 1 aliphatic heterocycles. The maximum absolute atomic E-state index is 10.1. The Morgan fingerprint density at radius 1 is 2.00 bits per heavy atom. The highest BCUT2D eigenvalue weighted by atomic mass is 32.2. The summed E-state index contributed by atoms with van der Waals surface area (Å²) in [6.07, 6.45) is 0. The van der Waals surface area contributed by atoms with Gasteiger partial charge in [-0.1, -0.05) is 0 Å². The Kier molecular flexibility index (Phi) is 0.819. The number of aliphatic carboxylic acids is 1. The van der Waals surface area contributed by atoms with E-state index in [0.717, 1.165) is 5.75 Å². The molecule has 40 valence electrons. The average Bonchev–Trinajstić information content (AvgIpc) is 2.21. The van der Waals surface area contributed by atoms with Crippen molar-refractivity contribution in [2.45, 2.75) is 11.7 Å². The molecule has 0 bridgehead atoms. The average molecular weight is 118 g/mol. The Hall–Kier alpha value is -0.180. The molecular formula is C4H6O2S. The first-order valence-corrected chi connectivity index (χ1v) is 3.01. The third-order valence-corrected chi connectivity index (χ3v) is 2.36. The summed E-state index contributed by atoms with van der Waals surface area (Å²) in [5.41, 5.74) is 0. The van der Waals surface area contributed by atoms with Crippen LogP contribution in [0.5, 0.6) is 0 Å². The summed E-state index contributed by atoms with van der Waals surface area (Å²) in [4.78, 5) is 10.1. The van der Waals surface area contributed by atoms with Crippen molar-refractivity contribution in [3.63, 3.8) is 0 Å². The van der Waals surface area contributed by atoms with Crippen LogP contribution in [0.15, 0.2) is 0 Å². The number of hydrogen-bond acceptors (Lipinski definition) is 2. The molecule has 0 aromatic carbocycles.